The summed E-state index contributed by atoms with van der Waals surface area (Å²) in [6.07, 6.45) is 17.4. The SMILES string of the molecule is CCCCCCN1CCCCCCCCCC1. The van der Waals surface area contributed by atoms with Crippen LogP contribution in [0.2, 0.25) is 0 Å². The molecule has 0 amide bonds. The van der Waals surface area contributed by atoms with E-state index in [0.29, 0.717) is 0 Å². The predicted octanol–water partition coefficient (Wildman–Crippen LogP) is 5.00. The zero-order valence-electron chi connectivity index (χ0n) is 12.1. The van der Waals surface area contributed by atoms with Gasteiger partial charge in [-0.2, -0.15) is 0 Å². The molecule has 0 aromatic heterocycles. The molecule has 0 bridgehead atoms. The molecule has 1 fully saturated rings. The molecule has 1 aliphatic heterocycles. The third kappa shape index (κ3) is 8.65. The zero-order valence-corrected chi connectivity index (χ0v) is 12.1. The van der Waals surface area contributed by atoms with E-state index in [2.05, 4.69) is 11.8 Å². The van der Waals surface area contributed by atoms with Crippen LogP contribution in [0.25, 0.3) is 0 Å². The van der Waals surface area contributed by atoms with Crippen molar-refractivity contribution in [3.8, 4) is 0 Å². The first-order valence-corrected chi connectivity index (χ1v) is 8.16. The molecule has 17 heavy (non-hydrogen) atoms. The fourth-order valence-corrected chi connectivity index (χ4v) is 2.83. The van der Waals surface area contributed by atoms with E-state index >= 15 is 0 Å². The smallest absolute Gasteiger partial charge is 0.00187 e. The summed E-state index contributed by atoms with van der Waals surface area (Å²) in [5.74, 6) is 0. The van der Waals surface area contributed by atoms with E-state index in [0.717, 1.165) is 0 Å². The molecule has 1 heterocycles. The first-order chi connectivity index (χ1) is 8.43. The van der Waals surface area contributed by atoms with Crippen molar-refractivity contribution in [2.75, 3.05) is 19.6 Å². The highest BCUT2D eigenvalue weighted by Crippen LogP contribution is 2.12. The van der Waals surface area contributed by atoms with Gasteiger partial charge in [-0.3, -0.25) is 0 Å². The Hall–Kier alpha value is -0.0400. The highest BCUT2D eigenvalue weighted by molar-refractivity contribution is 4.61. The standard InChI is InChI=1S/C16H33N/c1-2-3-4-11-14-17-15-12-9-7-5-6-8-10-13-16-17/h2-16H2,1H3. The van der Waals surface area contributed by atoms with Crippen LogP contribution < -0.4 is 0 Å². The van der Waals surface area contributed by atoms with Crippen LogP contribution in [0.15, 0.2) is 0 Å². The van der Waals surface area contributed by atoms with Crippen LogP contribution in [0, 0.1) is 0 Å². The monoisotopic (exact) mass is 239 g/mol. The van der Waals surface area contributed by atoms with Crippen molar-refractivity contribution in [3.05, 3.63) is 0 Å². The topological polar surface area (TPSA) is 3.24 Å². The van der Waals surface area contributed by atoms with E-state index in [-0.39, 0.29) is 0 Å². The molecule has 1 saturated heterocycles. The summed E-state index contributed by atoms with van der Waals surface area (Å²) in [5, 5.41) is 0. The van der Waals surface area contributed by atoms with Crippen LogP contribution in [0.5, 0.6) is 0 Å². The average molecular weight is 239 g/mol. The van der Waals surface area contributed by atoms with Crippen molar-refractivity contribution < 1.29 is 0 Å². The maximum absolute atomic E-state index is 2.74. The Bertz CT molecular complexity index is 144. The van der Waals surface area contributed by atoms with Gasteiger partial charge in [0.25, 0.3) is 0 Å². The molecular formula is C16H33N. The Morgan fingerprint density at radius 1 is 0.647 bits per heavy atom. The molecular weight excluding hydrogens is 206 g/mol. The quantitative estimate of drug-likeness (QED) is 0.610. The van der Waals surface area contributed by atoms with Gasteiger partial charge in [0.2, 0.25) is 0 Å². The average Bonchev–Trinajstić information content (AvgIpc) is 2.40. The number of rotatable bonds is 5. The lowest BCUT2D eigenvalue weighted by Crippen LogP contribution is -2.27. The zero-order chi connectivity index (χ0) is 12.2. The first kappa shape index (κ1) is 15.0. The minimum atomic E-state index is 1.36. The van der Waals surface area contributed by atoms with Gasteiger partial charge >= 0.3 is 0 Å². The molecule has 0 atom stereocenters. The van der Waals surface area contributed by atoms with E-state index in [1.807, 2.05) is 0 Å². The van der Waals surface area contributed by atoms with Crippen LogP contribution in [-0.2, 0) is 0 Å². The van der Waals surface area contributed by atoms with Crippen LogP contribution >= 0.6 is 0 Å². The van der Waals surface area contributed by atoms with E-state index < -0.39 is 0 Å². The summed E-state index contributed by atoms with van der Waals surface area (Å²) >= 11 is 0. The molecule has 0 unspecified atom stereocenters. The molecule has 0 aromatic carbocycles. The number of hydrogen-bond acceptors (Lipinski definition) is 1. The van der Waals surface area contributed by atoms with Crippen molar-refractivity contribution in [2.45, 2.75) is 84.0 Å². The molecule has 1 rings (SSSR count). The number of hydrogen-bond donors (Lipinski definition) is 0. The van der Waals surface area contributed by atoms with Gasteiger partial charge < -0.3 is 4.90 Å². The highest BCUT2D eigenvalue weighted by Gasteiger charge is 2.05. The first-order valence-electron chi connectivity index (χ1n) is 8.16. The van der Waals surface area contributed by atoms with Crippen molar-refractivity contribution >= 4 is 0 Å². The van der Waals surface area contributed by atoms with Crippen LogP contribution in [0.3, 0.4) is 0 Å². The minimum Gasteiger partial charge on any atom is -0.303 e. The van der Waals surface area contributed by atoms with Gasteiger partial charge in [0.15, 0.2) is 0 Å². The summed E-state index contributed by atoms with van der Waals surface area (Å²) < 4.78 is 0. The molecule has 0 N–H and O–H groups in total. The van der Waals surface area contributed by atoms with Crippen molar-refractivity contribution in [1.82, 2.24) is 4.90 Å². The van der Waals surface area contributed by atoms with Gasteiger partial charge in [-0.1, -0.05) is 64.7 Å². The van der Waals surface area contributed by atoms with E-state index in [4.69, 9.17) is 0 Å². The van der Waals surface area contributed by atoms with Crippen LogP contribution in [-0.4, -0.2) is 24.5 Å². The number of unbranched alkanes of at least 4 members (excludes halogenated alkanes) is 3. The molecule has 1 nitrogen and oxygen atoms in total. The lowest BCUT2D eigenvalue weighted by Gasteiger charge is -2.22. The molecule has 1 aliphatic rings. The third-order valence-electron chi connectivity index (χ3n) is 4.03. The van der Waals surface area contributed by atoms with Crippen LogP contribution in [0.1, 0.15) is 84.0 Å². The minimum absolute atomic E-state index is 1.36. The summed E-state index contributed by atoms with van der Waals surface area (Å²) in [4.78, 5) is 2.74. The largest absolute Gasteiger partial charge is 0.303 e. The second-order valence-corrected chi connectivity index (χ2v) is 5.73. The summed E-state index contributed by atoms with van der Waals surface area (Å²) in [6, 6.07) is 0. The molecule has 0 spiro atoms. The Balaban J connectivity index is 2.13. The summed E-state index contributed by atoms with van der Waals surface area (Å²) in [7, 11) is 0. The lowest BCUT2D eigenvalue weighted by molar-refractivity contribution is 0.257. The lowest BCUT2D eigenvalue weighted by atomic mass is 10.1. The highest BCUT2D eigenvalue weighted by atomic mass is 15.1. The molecule has 1 heteroatoms. The van der Waals surface area contributed by atoms with E-state index in [1.54, 1.807) is 0 Å². The molecule has 0 radical (unpaired) electrons. The second kappa shape index (κ2) is 11.1. The predicted molar refractivity (Wildman–Crippen MR) is 77.5 cm³/mol. The fourth-order valence-electron chi connectivity index (χ4n) is 2.83. The van der Waals surface area contributed by atoms with E-state index in [9.17, 15) is 0 Å². The van der Waals surface area contributed by atoms with Gasteiger partial charge in [0.1, 0.15) is 0 Å². The van der Waals surface area contributed by atoms with Gasteiger partial charge in [-0.25, -0.2) is 0 Å². The van der Waals surface area contributed by atoms with Crippen LogP contribution in [0.4, 0.5) is 0 Å². The molecule has 102 valence electrons. The maximum atomic E-state index is 2.74. The Morgan fingerprint density at radius 3 is 1.71 bits per heavy atom. The second-order valence-electron chi connectivity index (χ2n) is 5.73. The van der Waals surface area contributed by atoms with Gasteiger partial charge in [-0.15, -0.1) is 0 Å². The van der Waals surface area contributed by atoms with Crippen molar-refractivity contribution in [3.63, 3.8) is 0 Å². The maximum Gasteiger partial charge on any atom is -0.00187 e. The fraction of sp³-hybridized carbons (Fsp3) is 1.00. The summed E-state index contributed by atoms with van der Waals surface area (Å²) in [6.45, 7) is 6.39. The Labute approximate surface area is 109 Å². The van der Waals surface area contributed by atoms with Crippen molar-refractivity contribution in [2.24, 2.45) is 0 Å². The molecule has 0 saturated carbocycles. The molecule has 0 aliphatic carbocycles. The van der Waals surface area contributed by atoms with Gasteiger partial charge in [0, 0.05) is 0 Å². The van der Waals surface area contributed by atoms with Crippen molar-refractivity contribution in [1.29, 1.82) is 0 Å². The normalized spacial score (nSPS) is 21.0. The Morgan fingerprint density at radius 2 is 1.18 bits per heavy atom. The third-order valence-corrected chi connectivity index (χ3v) is 4.03. The van der Waals surface area contributed by atoms with Gasteiger partial charge in [0.05, 0.1) is 0 Å². The Kier molecular flexibility index (Phi) is 9.78. The van der Waals surface area contributed by atoms with E-state index in [1.165, 1.54) is 96.7 Å². The summed E-state index contributed by atoms with van der Waals surface area (Å²) in [5.41, 5.74) is 0. The number of nitrogens with zero attached hydrogens (tertiary/aromatic N) is 1. The van der Waals surface area contributed by atoms with Gasteiger partial charge in [-0.05, 0) is 38.9 Å². The molecule has 0 aromatic rings.